The lowest BCUT2D eigenvalue weighted by atomic mass is 10.1. The molecule has 3 rings (SSSR count). The molecule has 0 bridgehead atoms. The Labute approximate surface area is 175 Å². The third-order valence-electron chi connectivity index (χ3n) is 4.92. The van der Waals surface area contributed by atoms with Gasteiger partial charge in [0.1, 0.15) is 11.5 Å². The fraction of sp³-hybridized carbons (Fsp3) is 0.348. The van der Waals surface area contributed by atoms with Gasteiger partial charge in [0.25, 0.3) is 0 Å². The van der Waals surface area contributed by atoms with Crippen molar-refractivity contribution in [1.29, 1.82) is 0 Å². The zero-order chi connectivity index (χ0) is 21.7. The number of carbonyl (C=O) groups is 3. The van der Waals surface area contributed by atoms with Crippen LogP contribution in [0.4, 0.5) is 5.69 Å². The lowest BCUT2D eigenvalue weighted by Crippen LogP contribution is -2.27. The molecule has 158 valence electrons. The number of hydrogen-bond acceptors (Lipinski definition) is 6. The summed E-state index contributed by atoms with van der Waals surface area (Å²) in [6, 6.07) is 12.2. The standard InChI is InChI=1S/C23H25NO6/c1-4-29-18-8-6-16(7-9-18)20(25)14-30-23(27)17-12-22(26)24(13-17)19-11-15(2)5-10-21(19)28-3/h5-11,17H,4,12-14H2,1-3H3/t17-/m0/s1. The van der Waals surface area contributed by atoms with Crippen molar-refractivity contribution in [3.8, 4) is 11.5 Å². The number of benzene rings is 2. The minimum Gasteiger partial charge on any atom is -0.495 e. The predicted octanol–water partition coefficient (Wildman–Crippen LogP) is 3.18. The van der Waals surface area contributed by atoms with Crippen molar-refractivity contribution in [2.45, 2.75) is 20.3 Å². The molecule has 0 saturated carbocycles. The molecule has 0 unspecified atom stereocenters. The molecule has 1 atom stereocenters. The monoisotopic (exact) mass is 411 g/mol. The molecule has 0 spiro atoms. The highest BCUT2D eigenvalue weighted by Gasteiger charge is 2.37. The van der Waals surface area contributed by atoms with Crippen molar-refractivity contribution >= 4 is 23.3 Å². The Kier molecular flexibility index (Phi) is 6.72. The summed E-state index contributed by atoms with van der Waals surface area (Å²) in [5, 5.41) is 0. The number of nitrogens with zero attached hydrogens (tertiary/aromatic N) is 1. The van der Waals surface area contributed by atoms with Crippen LogP contribution in [0.1, 0.15) is 29.3 Å². The molecule has 1 aliphatic heterocycles. The van der Waals surface area contributed by atoms with Crippen LogP contribution in [0.2, 0.25) is 0 Å². The van der Waals surface area contributed by atoms with Crippen LogP contribution in [-0.2, 0) is 14.3 Å². The Morgan fingerprint density at radius 1 is 1.13 bits per heavy atom. The van der Waals surface area contributed by atoms with Gasteiger partial charge in [-0.1, -0.05) is 6.07 Å². The van der Waals surface area contributed by atoms with Gasteiger partial charge in [0.2, 0.25) is 5.91 Å². The van der Waals surface area contributed by atoms with Gasteiger partial charge in [0.05, 0.1) is 25.3 Å². The molecule has 0 aliphatic carbocycles. The Morgan fingerprint density at radius 3 is 2.53 bits per heavy atom. The largest absolute Gasteiger partial charge is 0.495 e. The van der Waals surface area contributed by atoms with Crippen LogP contribution < -0.4 is 14.4 Å². The van der Waals surface area contributed by atoms with E-state index in [1.54, 1.807) is 30.3 Å². The Morgan fingerprint density at radius 2 is 1.87 bits per heavy atom. The quantitative estimate of drug-likeness (QED) is 0.490. The van der Waals surface area contributed by atoms with Gasteiger partial charge in [-0.15, -0.1) is 0 Å². The zero-order valence-electron chi connectivity index (χ0n) is 17.3. The number of anilines is 1. The Balaban J connectivity index is 1.59. The smallest absolute Gasteiger partial charge is 0.311 e. The summed E-state index contributed by atoms with van der Waals surface area (Å²) in [6.07, 6.45) is 0.0349. The molecule has 1 aliphatic rings. The molecule has 0 radical (unpaired) electrons. The van der Waals surface area contributed by atoms with Crippen molar-refractivity contribution < 1.29 is 28.6 Å². The number of Topliss-reactive ketones (excluding diaryl/α,β-unsaturated/α-hetero) is 1. The summed E-state index contributed by atoms with van der Waals surface area (Å²) in [4.78, 5) is 38.8. The third kappa shape index (κ3) is 4.79. The summed E-state index contributed by atoms with van der Waals surface area (Å²) in [5.41, 5.74) is 2.04. The van der Waals surface area contributed by atoms with Gasteiger partial charge in [-0.25, -0.2) is 0 Å². The number of esters is 1. The first kappa shape index (κ1) is 21.4. The molecule has 7 nitrogen and oxygen atoms in total. The van der Waals surface area contributed by atoms with Gasteiger partial charge in [0, 0.05) is 18.5 Å². The molecule has 30 heavy (non-hydrogen) atoms. The van der Waals surface area contributed by atoms with Gasteiger partial charge in [0.15, 0.2) is 12.4 Å². The summed E-state index contributed by atoms with van der Waals surface area (Å²) < 4.78 is 15.9. The van der Waals surface area contributed by atoms with Crippen molar-refractivity contribution in [2.24, 2.45) is 5.92 Å². The molecular weight excluding hydrogens is 386 g/mol. The normalized spacial score (nSPS) is 15.8. The number of rotatable bonds is 8. The maximum Gasteiger partial charge on any atom is 0.311 e. The summed E-state index contributed by atoms with van der Waals surface area (Å²) in [6.45, 7) is 4.15. The van der Waals surface area contributed by atoms with Crippen LogP contribution in [0.5, 0.6) is 11.5 Å². The molecule has 7 heteroatoms. The van der Waals surface area contributed by atoms with Crippen LogP contribution in [0.15, 0.2) is 42.5 Å². The van der Waals surface area contributed by atoms with Crippen LogP contribution in [-0.4, -0.2) is 44.5 Å². The van der Waals surface area contributed by atoms with E-state index in [0.717, 1.165) is 5.56 Å². The molecule has 0 aromatic heterocycles. The molecule has 1 fully saturated rings. The van der Waals surface area contributed by atoms with E-state index in [9.17, 15) is 14.4 Å². The van der Waals surface area contributed by atoms with Gasteiger partial charge >= 0.3 is 5.97 Å². The maximum absolute atomic E-state index is 12.5. The predicted molar refractivity (Wildman–Crippen MR) is 111 cm³/mol. The first-order chi connectivity index (χ1) is 14.4. The molecular formula is C23H25NO6. The fourth-order valence-electron chi connectivity index (χ4n) is 3.35. The summed E-state index contributed by atoms with van der Waals surface area (Å²) in [5.74, 6) is -0.449. The van der Waals surface area contributed by atoms with Crippen LogP contribution in [0, 0.1) is 12.8 Å². The van der Waals surface area contributed by atoms with E-state index in [4.69, 9.17) is 14.2 Å². The molecule has 1 heterocycles. The summed E-state index contributed by atoms with van der Waals surface area (Å²) >= 11 is 0. The Hall–Kier alpha value is -3.35. The van der Waals surface area contributed by atoms with E-state index in [0.29, 0.717) is 29.4 Å². The molecule has 1 amide bonds. The van der Waals surface area contributed by atoms with Crippen molar-refractivity contribution in [2.75, 3.05) is 31.8 Å². The third-order valence-corrected chi connectivity index (χ3v) is 4.92. The van der Waals surface area contributed by atoms with E-state index in [1.165, 1.54) is 12.0 Å². The minimum atomic E-state index is -0.629. The molecule has 1 saturated heterocycles. The van der Waals surface area contributed by atoms with Gasteiger partial charge in [-0.05, 0) is 55.8 Å². The Bertz CT molecular complexity index is 937. The second-order valence-corrected chi connectivity index (χ2v) is 7.07. The number of ketones is 1. The molecule has 0 N–H and O–H groups in total. The second-order valence-electron chi connectivity index (χ2n) is 7.07. The lowest BCUT2D eigenvalue weighted by molar-refractivity contribution is -0.147. The number of aryl methyl sites for hydroxylation is 1. The number of ether oxygens (including phenoxy) is 3. The van der Waals surface area contributed by atoms with Crippen LogP contribution in [0.25, 0.3) is 0 Å². The highest BCUT2D eigenvalue weighted by atomic mass is 16.5. The minimum absolute atomic E-state index is 0.0349. The van der Waals surface area contributed by atoms with Gasteiger partial charge in [-0.3, -0.25) is 14.4 Å². The van der Waals surface area contributed by atoms with Gasteiger partial charge in [-0.2, -0.15) is 0 Å². The first-order valence-electron chi connectivity index (χ1n) is 9.80. The number of amides is 1. The lowest BCUT2D eigenvalue weighted by Gasteiger charge is -2.20. The van der Waals surface area contributed by atoms with Crippen molar-refractivity contribution in [3.63, 3.8) is 0 Å². The van der Waals surface area contributed by atoms with Gasteiger partial charge < -0.3 is 19.1 Å². The van der Waals surface area contributed by atoms with Crippen LogP contribution >= 0.6 is 0 Å². The highest BCUT2D eigenvalue weighted by Crippen LogP contribution is 2.34. The summed E-state index contributed by atoms with van der Waals surface area (Å²) in [7, 11) is 1.53. The van der Waals surface area contributed by atoms with E-state index in [2.05, 4.69) is 0 Å². The number of methoxy groups -OCH3 is 1. The van der Waals surface area contributed by atoms with Crippen molar-refractivity contribution in [3.05, 3.63) is 53.6 Å². The zero-order valence-corrected chi connectivity index (χ0v) is 17.3. The van der Waals surface area contributed by atoms with E-state index >= 15 is 0 Å². The first-order valence-corrected chi connectivity index (χ1v) is 9.80. The van der Waals surface area contributed by atoms with E-state index in [1.807, 2.05) is 26.0 Å². The van der Waals surface area contributed by atoms with Crippen LogP contribution in [0.3, 0.4) is 0 Å². The average Bonchev–Trinajstić information content (AvgIpc) is 3.14. The second kappa shape index (κ2) is 9.43. The average molecular weight is 411 g/mol. The van der Waals surface area contributed by atoms with E-state index in [-0.39, 0.29) is 31.3 Å². The number of hydrogen-bond donors (Lipinski definition) is 0. The maximum atomic E-state index is 12.5. The molecule has 2 aromatic rings. The molecule has 2 aromatic carbocycles. The fourth-order valence-corrected chi connectivity index (χ4v) is 3.35. The van der Waals surface area contributed by atoms with E-state index < -0.39 is 11.9 Å². The van der Waals surface area contributed by atoms with Crippen molar-refractivity contribution in [1.82, 2.24) is 0 Å². The number of carbonyl (C=O) groups excluding carboxylic acids is 3. The SMILES string of the molecule is CCOc1ccc(C(=O)COC(=O)[C@H]2CC(=O)N(c3cc(C)ccc3OC)C2)cc1. The highest BCUT2D eigenvalue weighted by molar-refractivity contribution is 6.01. The topological polar surface area (TPSA) is 82.1 Å².